The molecule has 17 heavy (non-hydrogen) atoms. The Bertz CT molecular complexity index is 358. The monoisotopic (exact) mass is 234 g/mol. The Morgan fingerprint density at radius 2 is 1.94 bits per heavy atom. The van der Waals surface area contributed by atoms with E-state index in [2.05, 4.69) is 0 Å². The third kappa shape index (κ3) is 1.73. The van der Waals surface area contributed by atoms with Crippen molar-refractivity contribution in [2.75, 3.05) is 0 Å². The Balaban J connectivity index is 1.66. The molecular weight excluding hydrogens is 212 g/mol. The van der Waals surface area contributed by atoms with Crippen molar-refractivity contribution in [3.8, 4) is 0 Å². The van der Waals surface area contributed by atoms with Gasteiger partial charge >= 0.3 is 5.97 Å². The zero-order valence-electron chi connectivity index (χ0n) is 10.8. The number of allylic oxidation sites excluding steroid dienone is 1. The molecule has 0 radical (unpaired) electrons. The molecule has 2 bridgehead atoms. The van der Waals surface area contributed by atoms with Crippen LogP contribution >= 0.6 is 0 Å². The molecule has 2 nitrogen and oxygen atoms in total. The van der Waals surface area contributed by atoms with Crippen molar-refractivity contribution >= 4 is 5.97 Å². The lowest BCUT2D eigenvalue weighted by Gasteiger charge is -2.31. The molecular formula is C15H22O2. The minimum Gasteiger partial charge on any atom is -0.459 e. The second kappa shape index (κ2) is 4.15. The minimum atomic E-state index is -0.0976. The van der Waals surface area contributed by atoms with Crippen molar-refractivity contribution in [2.45, 2.75) is 52.1 Å². The Morgan fingerprint density at radius 3 is 2.71 bits per heavy atom. The van der Waals surface area contributed by atoms with E-state index < -0.39 is 0 Å². The Hall–Kier alpha value is -0.790. The summed E-state index contributed by atoms with van der Waals surface area (Å²) in [5.41, 5.74) is 0.746. The zero-order valence-corrected chi connectivity index (χ0v) is 10.8. The van der Waals surface area contributed by atoms with Crippen molar-refractivity contribution in [2.24, 2.45) is 23.7 Å². The van der Waals surface area contributed by atoms with Gasteiger partial charge in [0.15, 0.2) is 0 Å². The van der Waals surface area contributed by atoms with Crippen LogP contribution in [0.25, 0.3) is 0 Å². The van der Waals surface area contributed by atoms with E-state index in [1.807, 2.05) is 19.9 Å². The Morgan fingerprint density at radius 1 is 1.18 bits per heavy atom. The number of carbonyl (C=O) groups is 1. The van der Waals surface area contributed by atoms with Crippen LogP contribution in [-0.2, 0) is 9.53 Å². The third-order valence-electron chi connectivity index (χ3n) is 5.38. The van der Waals surface area contributed by atoms with Crippen LogP contribution in [0.1, 0.15) is 46.0 Å². The molecule has 3 aliphatic rings. The van der Waals surface area contributed by atoms with Gasteiger partial charge in [0.1, 0.15) is 6.10 Å². The summed E-state index contributed by atoms with van der Waals surface area (Å²) in [7, 11) is 0. The lowest BCUT2D eigenvalue weighted by atomic mass is 9.80. The largest absolute Gasteiger partial charge is 0.459 e. The normalized spacial score (nSPS) is 43.9. The van der Waals surface area contributed by atoms with Gasteiger partial charge in [-0.2, -0.15) is 0 Å². The molecule has 0 aliphatic heterocycles. The molecule has 0 heterocycles. The molecule has 0 amide bonds. The van der Waals surface area contributed by atoms with Crippen LogP contribution in [0.2, 0.25) is 0 Å². The van der Waals surface area contributed by atoms with Gasteiger partial charge in [-0.1, -0.05) is 12.5 Å². The first-order valence-corrected chi connectivity index (χ1v) is 7.04. The number of esters is 1. The molecule has 3 saturated carbocycles. The number of rotatable bonds is 2. The van der Waals surface area contributed by atoms with Gasteiger partial charge in [0.25, 0.3) is 0 Å². The Labute approximate surface area is 103 Å². The van der Waals surface area contributed by atoms with Gasteiger partial charge in [0.05, 0.1) is 0 Å². The summed E-state index contributed by atoms with van der Waals surface area (Å²) in [5, 5.41) is 0. The first kappa shape index (κ1) is 11.3. The highest BCUT2D eigenvalue weighted by molar-refractivity contribution is 5.87. The number of hydrogen-bond donors (Lipinski definition) is 0. The molecule has 2 heteroatoms. The summed E-state index contributed by atoms with van der Waals surface area (Å²) in [5.74, 6) is 3.28. The molecule has 94 valence electrons. The Kier molecular flexibility index (Phi) is 2.76. The molecule has 5 atom stereocenters. The predicted molar refractivity (Wildman–Crippen MR) is 66.4 cm³/mol. The van der Waals surface area contributed by atoms with Crippen LogP contribution in [-0.4, -0.2) is 12.1 Å². The summed E-state index contributed by atoms with van der Waals surface area (Å²) in [6.45, 7) is 3.73. The molecule has 0 N–H and O–H groups in total. The molecule has 3 aliphatic carbocycles. The van der Waals surface area contributed by atoms with Gasteiger partial charge < -0.3 is 4.74 Å². The second-order valence-corrected chi connectivity index (χ2v) is 6.07. The van der Waals surface area contributed by atoms with E-state index in [0.717, 1.165) is 29.7 Å². The van der Waals surface area contributed by atoms with Crippen molar-refractivity contribution < 1.29 is 9.53 Å². The number of fused-ring (bicyclic) bond motifs is 5. The van der Waals surface area contributed by atoms with Gasteiger partial charge in [-0.15, -0.1) is 0 Å². The lowest BCUT2D eigenvalue weighted by Crippen LogP contribution is -2.32. The average Bonchev–Trinajstić information content (AvgIpc) is 2.98. The molecule has 0 aromatic rings. The van der Waals surface area contributed by atoms with Crippen LogP contribution in [0.4, 0.5) is 0 Å². The fraction of sp³-hybridized carbons (Fsp3) is 0.800. The van der Waals surface area contributed by atoms with E-state index in [1.54, 1.807) is 0 Å². The summed E-state index contributed by atoms with van der Waals surface area (Å²) in [6, 6.07) is 0. The molecule has 3 fully saturated rings. The maximum atomic E-state index is 11.8. The van der Waals surface area contributed by atoms with Gasteiger partial charge in [0, 0.05) is 5.57 Å². The quantitative estimate of drug-likeness (QED) is 0.541. The summed E-state index contributed by atoms with van der Waals surface area (Å²) >= 11 is 0. The van der Waals surface area contributed by atoms with Crippen molar-refractivity contribution in [3.05, 3.63) is 11.6 Å². The molecule has 5 unspecified atom stereocenters. The molecule has 0 aromatic heterocycles. The minimum absolute atomic E-state index is 0.0976. The number of hydrogen-bond acceptors (Lipinski definition) is 2. The maximum absolute atomic E-state index is 11.8. The third-order valence-corrected chi connectivity index (χ3v) is 5.38. The highest BCUT2D eigenvalue weighted by Gasteiger charge is 2.55. The first-order valence-electron chi connectivity index (χ1n) is 7.04. The van der Waals surface area contributed by atoms with Crippen LogP contribution in [0.15, 0.2) is 11.6 Å². The van der Waals surface area contributed by atoms with E-state index in [1.165, 1.54) is 25.7 Å². The topological polar surface area (TPSA) is 26.3 Å². The second-order valence-electron chi connectivity index (χ2n) is 6.07. The van der Waals surface area contributed by atoms with Crippen LogP contribution in [0.3, 0.4) is 0 Å². The SMILES string of the molecule is C/C=C(\C)C(=O)OC1CC2CC1C1CCCC21. The average molecular weight is 234 g/mol. The van der Waals surface area contributed by atoms with Crippen LogP contribution < -0.4 is 0 Å². The van der Waals surface area contributed by atoms with E-state index in [4.69, 9.17) is 4.74 Å². The van der Waals surface area contributed by atoms with Gasteiger partial charge in [-0.3, -0.25) is 0 Å². The zero-order chi connectivity index (χ0) is 12.0. The summed E-state index contributed by atoms with van der Waals surface area (Å²) in [6.07, 6.45) is 8.73. The predicted octanol–water partition coefficient (Wildman–Crippen LogP) is 3.32. The van der Waals surface area contributed by atoms with Crippen molar-refractivity contribution in [1.29, 1.82) is 0 Å². The van der Waals surface area contributed by atoms with Gasteiger partial charge in [0.2, 0.25) is 0 Å². The smallest absolute Gasteiger partial charge is 0.333 e. The molecule has 3 rings (SSSR count). The van der Waals surface area contributed by atoms with Gasteiger partial charge in [-0.25, -0.2) is 4.79 Å². The highest BCUT2D eigenvalue weighted by Crippen LogP contribution is 2.59. The van der Waals surface area contributed by atoms with Crippen molar-refractivity contribution in [1.82, 2.24) is 0 Å². The molecule has 0 aromatic carbocycles. The van der Waals surface area contributed by atoms with E-state index in [-0.39, 0.29) is 12.1 Å². The van der Waals surface area contributed by atoms with E-state index >= 15 is 0 Å². The highest BCUT2D eigenvalue weighted by atomic mass is 16.5. The van der Waals surface area contributed by atoms with E-state index in [0.29, 0.717) is 5.92 Å². The summed E-state index contributed by atoms with van der Waals surface area (Å²) < 4.78 is 5.70. The standard InChI is InChI=1S/C15H22O2/c1-3-9(2)15(16)17-14-8-10-7-13(14)12-6-4-5-11(10)12/h3,10-14H,4-8H2,1-2H3/b9-3+. The first-order chi connectivity index (χ1) is 8.20. The van der Waals surface area contributed by atoms with E-state index in [9.17, 15) is 4.79 Å². The maximum Gasteiger partial charge on any atom is 0.333 e. The fourth-order valence-corrected chi connectivity index (χ4v) is 4.49. The molecule has 0 spiro atoms. The van der Waals surface area contributed by atoms with Crippen LogP contribution in [0.5, 0.6) is 0 Å². The summed E-state index contributed by atoms with van der Waals surface area (Å²) in [4.78, 5) is 11.8. The van der Waals surface area contributed by atoms with Gasteiger partial charge in [-0.05, 0) is 63.2 Å². The number of carbonyl (C=O) groups excluding carboxylic acids is 1. The molecule has 0 saturated heterocycles. The number of ether oxygens (including phenoxy) is 1. The lowest BCUT2D eigenvalue weighted by molar-refractivity contribution is -0.148. The fourth-order valence-electron chi connectivity index (χ4n) is 4.49. The van der Waals surface area contributed by atoms with Crippen LogP contribution in [0, 0.1) is 23.7 Å². The van der Waals surface area contributed by atoms with Crippen molar-refractivity contribution in [3.63, 3.8) is 0 Å².